The maximum atomic E-state index is 13.4. The topological polar surface area (TPSA) is 57.3 Å². The van der Waals surface area contributed by atoms with Crippen molar-refractivity contribution in [3.05, 3.63) is 58.9 Å². The third kappa shape index (κ3) is 4.82. The van der Waals surface area contributed by atoms with E-state index in [1.165, 1.54) is 6.07 Å². The van der Waals surface area contributed by atoms with Gasteiger partial charge >= 0.3 is 6.03 Å². The third-order valence-corrected chi connectivity index (χ3v) is 4.57. The molecule has 1 aliphatic heterocycles. The van der Waals surface area contributed by atoms with Crippen LogP contribution in [0.3, 0.4) is 0 Å². The van der Waals surface area contributed by atoms with Crippen molar-refractivity contribution in [3.8, 4) is 0 Å². The molecule has 5 nitrogen and oxygen atoms in total. The van der Waals surface area contributed by atoms with Crippen LogP contribution in [0.5, 0.6) is 0 Å². The van der Waals surface area contributed by atoms with E-state index < -0.39 is 11.6 Å². The molecule has 0 unspecified atom stereocenters. The van der Waals surface area contributed by atoms with Gasteiger partial charge in [-0.2, -0.15) is 0 Å². The monoisotopic (exact) mass is 380 g/mol. The number of rotatable bonds is 5. The summed E-state index contributed by atoms with van der Waals surface area (Å²) >= 11 is 5.72. The van der Waals surface area contributed by atoms with E-state index in [1.807, 2.05) is 4.90 Å². The highest BCUT2D eigenvalue weighted by Crippen LogP contribution is 2.24. The van der Waals surface area contributed by atoms with E-state index in [0.717, 1.165) is 24.6 Å². The lowest BCUT2D eigenvalue weighted by Crippen LogP contribution is -2.38. The molecule has 138 valence electrons. The second-order valence-corrected chi connectivity index (χ2v) is 6.64. The second kappa shape index (κ2) is 8.31. The number of carbonyl (C=O) groups excluding carboxylic acids is 1. The molecule has 0 spiro atoms. The summed E-state index contributed by atoms with van der Waals surface area (Å²) < 4.78 is 26.4. The van der Waals surface area contributed by atoms with Crippen molar-refractivity contribution in [2.45, 2.75) is 13.0 Å². The molecule has 2 heterocycles. The number of nitrogens with zero attached hydrogens (tertiary/aromatic N) is 2. The minimum absolute atomic E-state index is 0.256. The predicted octanol–water partition coefficient (Wildman–Crippen LogP) is 3.34. The average Bonchev–Trinajstić information content (AvgIpc) is 3.11. The normalized spacial score (nSPS) is 16.6. The molecule has 2 amide bonds. The summed E-state index contributed by atoms with van der Waals surface area (Å²) in [7, 11) is 0. The van der Waals surface area contributed by atoms with Gasteiger partial charge in [-0.05, 0) is 36.1 Å². The Balaban J connectivity index is 1.41. The molecule has 2 aromatic rings. The fourth-order valence-electron chi connectivity index (χ4n) is 2.91. The number of benzene rings is 1. The molecule has 0 bridgehead atoms. The minimum atomic E-state index is -0.848. The number of carbonyl (C=O) groups is 1. The zero-order valence-corrected chi connectivity index (χ0v) is 14.8. The van der Waals surface area contributed by atoms with Crippen molar-refractivity contribution < 1.29 is 13.6 Å². The molecule has 0 aliphatic carbocycles. The molecule has 1 saturated heterocycles. The van der Waals surface area contributed by atoms with Crippen LogP contribution >= 0.6 is 11.6 Å². The summed E-state index contributed by atoms with van der Waals surface area (Å²) in [5.41, 5.74) is 1.51. The van der Waals surface area contributed by atoms with Crippen molar-refractivity contribution >= 4 is 23.3 Å². The lowest BCUT2D eigenvalue weighted by atomic mass is 10.1. The largest absolute Gasteiger partial charge is 0.371 e. The van der Waals surface area contributed by atoms with Crippen molar-refractivity contribution in [2.75, 3.05) is 24.5 Å². The van der Waals surface area contributed by atoms with Crippen LogP contribution in [-0.4, -0.2) is 30.6 Å². The lowest BCUT2D eigenvalue weighted by molar-refractivity contribution is 0.239. The van der Waals surface area contributed by atoms with Crippen LogP contribution in [-0.2, 0) is 6.54 Å². The van der Waals surface area contributed by atoms with Crippen molar-refractivity contribution in [1.82, 2.24) is 15.6 Å². The first-order chi connectivity index (χ1) is 12.5. The molecule has 1 aromatic heterocycles. The van der Waals surface area contributed by atoms with Crippen molar-refractivity contribution in [2.24, 2.45) is 5.92 Å². The summed E-state index contributed by atoms with van der Waals surface area (Å²) in [5, 5.41) is 6.01. The maximum Gasteiger partial charge on any atom is 0.315 e. The molecule has 1 fully saturated rings. The van der Waals surface area contributed by atoms with E-state index in [9.17, 15) is 13.6 Å². The van der Waals surface area contributed by atoms with Gasteiger partial charge in [-0.3, -0.25) is 0 Å². The molecular weight excluding hydrogens is 362 g/mol. The number of amides is 2. The van der Waals surface area contributed by atoms with Gasteiger partial charge in [0.25, 0.3) is 0 Å². The van der Waals surface area contributed by atoms with Gasteiger partial charge in [0.05, 0.1) is 0 Å². The Labute approximate surface area is 155 Å². The Kier molecular flexibility index (Phi) is 5.88. The average molecular weight is 381 g/mol. The number of anilines is 1. The number of hydrogen-bond donors (Lipinski definition) is 2. The molecule has 1 aliphatic rings. The van der Waals surface area contributed by atoms with Gasteiger partial charge in [-0.15, -0.1) is 0 Å². The third-order valence-electron chi connectivity index (χ3n) is 4.35. The van der Waals surface area contributed by atoms with E-state index >= 15 is 0 Å². The highest BCUT2D eigenvalue weighted by molar-refractivity contribution is 6.29. The van der Waals surface area contributed by atoms with Crippen LogP contribution in [0.25, 0.3) is 0 Å². The zero-order chi connectivity index (χ0) is 18.5. The van der Waals surface area contributed by atoms with E-state index in [-0.39, 0.29) is 11.9 Å². The van der Waals surface area contributed by atoms with Gasteiger partial charge in [0, 0.05) is 44.1 Å². The van der Waals surface area contributed by atoms with Gasteiger partial charge in [-0.1, -0.05) is 17.7 Å². The maximum absolute atomic E-state index is 13.4. The molecular formula is C18H19ClF2N4O. The summed E-state index contributed by atoms with van der Waals surface area (Å²) in [5.74, 6) is -1.44. The van der Waals surface area contributed by atoms with Gasteiger partial charge < -0.3 is 15.5 Å². The van der Waals surface area contributed by atoms with E-state index in [2.05, 4.69) is 15.6 Å². The first-order valence-electron chi connectivity index (χ1n) is 8.33. The fourth-order valence-corrected chi connectivity index (χ4v) is 3.02. The molecule has 0 radical (unpaired) electrons. The summed E-state index contributed by atoms with van der Waals surface area (Å²) in [6.07, 6.45) is 2.49. The number of halogens is 3. The van der Waals surface area contributed by atoms with Crippen LogP contribution in [0.15, 0.2) is 36.5 Å². The summed E-state index contributed by atoms with van der Waals surface area (Å²) in [4.78, 5) is 17.8. The molecule has 1 aromatic carbocycles. The summed E-state index contributed by atoms with van der Waals surface area (Å²) in [6.45, 7) is 2.31. The van der Waals surface area contributed by atoms with Crippen LogP contribution in [0.1, 0.15) is 12.0 Å². The van der Waals surface area contributed by atoms with Gasteiger partial charge in [0.1, 0.15) is 5.15 Å². The van der Waals surface area contributed by atoms with Crippen LogP contribution < -0.4 is 15.5 Å². The Bertz CT molecular complexity index is 772. The Morgan fingerprint density at radius 2 is 2.08 bits per heavy atom. The van der Waals surface area contributed by atoms with Crippen molar-refractivity contribution in [3.63, 3.8) is 0 Å². The Morgan fingerprint density at radius 1 is 1.23 bits per heavy atom. The van der Waals surface area contributed by atoms with Crippen LogP contribution in [0.2, 0.25) is 5.15 Å². The molecule has 0 saturated carbocycles. The van der Waals surface area contributed by atoms with Crippen LogP contribution in [0.4, 0.5) is 19.3 Å². The fraction of sp³-hybridized carbons (Fsp3) is 0.333. The van der Waals surface area contributed by atoms with Crippen LogP contribution in [0, 0.1) is 17.6 Å². The molecule has 26 heavy (non-hydrogen) atoms. The highest BCUT2D eigenvalue weighted by atomic mass is 35.5. The number of hydrogen-bond acceptors (Lipinski definition) is 3. The lowest BCUT2D eigenvalue weighted by Gasteiger charge is -2.19. The molecule has 3 rings (SSSR count). The SMILES string of the molecule is O=C(NCc1ccc(Cl)nc1)NC[C@H]1CCN(c2ccc(F)c(F)c2)C1. The zero-order valence-electron chi connectivity index (χ0n) is 14.0. The molecule has 2 N–H and O–H groups in total. The van der Waals surface area contributed by atoms with Gasteiger partial charge in [-0.25, -0.2) is 18.6 Å². The number of pyridine rings is 1. The highest BCUT2D eigenvalue weighted by Gasteiger charge is 2.23. The first kappa shape index (κ1) is 18.4. The number of urea groups is 1. The van der Waals surface area contributed by atoms with Gasteiger partial charge in [0.2, 0.25) is 0 Å². The minimum Gasteiger partial charge on any atom is -0.371 e. The van der Waals surface area contributed by atoms with E-state index in [0.29, 0.717) is 30.5 Å². The van der Waals surface area contributed by atoms with E-state index in [1.54, 1.807) is 24.4 Å². The van der Waals surface area contributed by atoms with E-state index in [4.69, 9.17) is 11.6 Å². The molecule has 8 heteroatoms. The number of nitrogens with one attached hydrogen (secondary N) is 2. The second-order valence-electron chi connectivity index (χ2n) is 6.25. The van der Waals surface area contributed by atoms with Crippen molar-refractivity contribution in [1.29, 1.82) is 0 Å². The summed E-state index contributed by atoms with van der Waals surface area (Å²) in [6, 6.07) is 7.12. The van der Waals surface area contributed by atoms with Gasteiger partial charge in [0.15, 0.2) is 11.6 Å². The standard InChI is InChI=1S/C18H19ClF2N4O/c19-17-4-1-12(8-22-17)9-23-18(26)24-10-13-5-6-25(11-13)14-2-3-15(20)16(21)7-14/h1-4,7-8,13H,5-6,9-11H2,(H2,23,24,26)/t13-/m1/s1. The predicted molar refractivity (Wildman–Crippen MR) is 96.2 cm³/mol. The molecule has 1 atom stereocenters. The first-order valence-corrected chi connectivity index (χ1v) is 8.71. The number of aromatic nitrogens is 1. The Hall–Kier alpha value is -2.41. The quantitative estimate of drug-likeness (QED) is 0.782. The smallest absolute Gasteiger partial charge is 0.315 e. The Morgan fingerprint density at radius 3 is 2.81 bits per heavy atom.